The van der Waals surface area contributed by atoms with Crippen LogP contribution in [0.1, 0.15) is 17.3 Å². The Morgan fingerprint density at radius 1 is 1.29 bits per heavy atom. The number of nitrogens with two attached hydrogens (primary N) is 1. The first-order valence-corrected chi connectivity index (χ1v) is 7.23. The van der Waals surface area contributed by atoms with Gasteiger partial charge in [-0.2, -0.15) is 13.2 Å². The minimum absolute atomic E-state index is 0.136. The second-order valence-electron chi connectivity index (χ2n) is 5.60. The molecule has 1 amide bonds. The Morgan fingerprint density at radius 2 is 1.92 bits per heavy atom. The lowest BCUT2D eigenvalue weighted by atomic mass is 10.1. The molecular weight excluding hydrogens is 325 g/mol. The Morgan fingerprint density at radius 3 is 2.42 bits per heavy atom. The molecule has 1 aromatic heterocycles. The molecule has 0 atom stereocenters. The zero-order valence-corrected chi connectivity index (χ0v) is 12.5. The molecule has 1 aliphatic rings. The van der Waals surface area contributed by atoms with Gasteiger partial charge < -0.3 is 20.3 Å². The summed E-state index contributed by atoms with van der Waals surface area (Å²) in [5.74, 6) is 0.168. The number of carbonyl (C=O) groups is 1. The van der Waals surface area contributed by atoms with Gasteiger partial charge in [0.25, 0.3) is 0 Å². The number of hydrogen-bond donors (Lipinski definition) is 2. The average molecular weight is 340 g/mol. The van der Waals surface area contributed by atoms with Crippen LogP contribution < -0.4 is 5.73 Å². The normalized spacial score (nSPS) is 15.4. The summed E-state index contributed by atoms with van der Waals surface area (Å²) >= 11 is 0. The second-order valence-corrected chi connectivity index (χ2v) is 5.60. The lowest BCUT2D eigenvalue weighted by Gasteiger charge is -2.38. The van der Waals surface area contributed by atoms with Crippen LogP contribution in [0.4, 0.5) is 18.0 Å². The van der Waals surface area contributed by atoms with E-state index >= 15 is 0 Å². The van der Waals surface area contributed by atoms with E-state index in [2.05, 4.69) is 4.98 Å². The first-order valence-electron chi connectivity index (χ1n) is 7.23. The highest BCUT2D eigenvalue weighted by molar-refractivity contribution is 5.66. The number of benzene rings is 1. The fourth-order valence-corrected chi connectivity index (χ4v) is 2.60. The van der Waals surface area contributed by atoms with Crippen LogP contribution in [0.15, 0.2) is 30.5 Å². The number of hydrogen-bond acceptors (Lipinski definition) is 3. The van der Waals surface area contributed by atoms with E-state index in [1.54, 1.807) is 24.3 Å². The molecule has 0 spiro atoms. The van der Waals surface area contributed by atoms with Crippen molar-refractivity contribution < 1.29 is 23.1 Å². The van der Waals surface area contributed by atoms with E-state index in [-0.39, 0.29) is 25.0 Å². The van der Waals surface area contributed by atoms with Gasteiger partial charge in [0.15, 0.2) is 5.69 Å². The molecule has 128 valence electrons. The number of halogens is 3. The number of aromatic nitrogens is 2. The van der Waals surface area contributed by atoms with Crippen LogP contribution in [0.25, 0.3) is 11.4 Å². The van der Waals surface area contributed by atoms with Crippen LogP contribution in [0.5, 0.6) is 0 Å². The largest absolute Gasteiger partial charge is 0.465 e. The molecule has 0 aliphatic carbocycles. The topological polar surface area (TPSA) is 84.4 Å². The molecule has 1 fully saturated rings. The Kier molecular flexibility index (Phi) is 3.96. The molecule has 1 saturated heterocycles. The fourth-order valence-electron chi connectivity index (χ4n) is 2.60. The van der Waals surface area contributed by atoms with E-state index in [4.69, 9.17) is 10.8 Å². The van der Waals surface area contributed by atoms with Gasteiger partial charge in [-0.05, 0) is 5.56 Å². The summed E-state index contributed by atoms with van der Waals surface area (Å²) in [6.45, 7) is 0.604. The van der Waals surface area contributed by atoms with Crippen LogP contribution in [0.3, 0.4) is 0 Å². The van der Waals surface area contributed by atoms with Gasteiger partial charge in [0.2, 0.25) is 0 Å². The van der Waals surface area contributed by atoms with Crippen LogP contribution in [0, 0.1) is 0 Å². The van der Waals surface area contributed by atoms with Crippen LogP contribution >= 0.6 is 0 Å². The third kappa shape index (κ3) is 2.94. The van der Waals surface area contributed by atoms with E-state index in [0.717, 1.165) is 16.7 Å². The highest BCUT2D eigenvalue weighted by Gasteiger charge is 2.38. The van der Waals surface area contributed by atoms with Gasteiger partial charge in [-0.1, -0.05) is 24.3 Å². The standard InChI is InChI=1S/C15H15F3N4O2/c16-15(17,18)12-8-22(11-6-21(7-11)14(23)24)13(20-12)10-3-1-9(5-19)2-4-10/h1-4,8,11H,5-7,19H2,(H,23,24). The van der Waals surface area contributed by atoms with Crippen molar-refractivity contribution in [3.8, 4) is 11.4 Å². The van der Waals surface area contributed by atoms with Crippen LogP contribution in [0.2, 0.25) is 0 Å². The van der Waals surface area contributed by atoms with Crippen molar-refractivity contribution in [1.82, 2.24) is 14.5 Å². The van der Waals surface area contributed by atoms with E-state index < -0.39 is 18.0 Å². The number of amides is 1. The molecule has 9 heteroatoms. The molecule has 2 aromatic rings. The van der Waals surface area contributed by atoms with Gasteiger partial charge in [0.05, 0.1) is 6.04 Å². The van der Waals surface area contributed by atoms with Crippen molar-refractivity contribution in [3.63, 3.8) is 0 Å². The summed E-state index contributed by atoms with van der Waals surface area (Å²) in [5, 5.41) is 8.89. The number of nitrogens with zero attached hydrogens (tertiary/aromatic N) is 3. The Hall–Kier alpha value is -2.55. The minimum Gasteiger partial charge on any atom is -0.465 e. The van der Waals surface area contributed by atoms with Gasteiger partial charge in [-0.15, -0.1) is 0 Å². The molecule has 2 heterocycles. The average Bonchev–Trinajstić information content (AvgIpc) is 2.90. The highest BCUT2D eigenvalue weighted by Crippen LogP contribution is 2.34. The molecule has 1 aromatic carbocycles. The van der Waals surface area contributed by atoms with Crippen molar-refractivity contribution in [2.24, 2.45) is 5.73 Å². The quantitative estimate of drug-likeness (QED) is 0.899. The molecule has 3 rings (SSSR count). The monoisotopic (exact) mass is 340 g/mol. The van der Waals surface area contributed by atoms with Gasteiger partial charge in [0.1, 0.15) is 5.82 Å². The van der Waals surface area contributed by atoms with Crippen molar-refractivity contribution in [2.75, 3.05) is 13.1 Å². The molecule has 24 heavy (non-hydrogen) atoms. The zero-order chi connectivity index (χ0) is 17.5. The lowest BCUT2D eigenvalue weighted by Crippen LogP contribution is -2.50. The number of imidazole rings is 1. The SMILES string of the molecule is NCc1ccc(-c2nc(C(F)(F)F)cn2C2CN(C(=O)O)C2)cc1. The van der Waals surface area contributed by atoms with Gasteiger partial charge in [0, 0.05) is 31.4 Å². The third-order valence-corrected chi connectivity index (χ3v) is 4.00. The maximum absolute atomic E-state index is 13.0. The zero-order valence-electron chi connectivity index (χ0n) is 12.5. The summed E-state index contributed by atoms with van der Waals surface area (Å²) in [5.41, 5.74) is 5.91. The number of likely N-dealkylation sites (tertiary alicyclic amines) is 1. The van der Waals surface area contributed by atoms with Crippen molar-refractivity contribution in [2.45, 2.75) is 18.8 Å². The van der Waals surface area contributed by atoms with E-state index in [1.165, 1.54) is 4.57 Å². The molecule has 0 unspecified atom stereocenters. The summed E-state index contributed by atoms with van der Waals surface area (Å²) in [6, 6.07) is 6.41. The molecule has 0 radical (unpaired) electrons. The molecule has 0 saturated carbocycles. The minimum atomic E-state index is -4.56. The van der Waals surface area contributed by atoms with Crippen LogP contribution in [-0.2, 0) is 12.7 Å². The predicted molar refractivity (Wildman–Crippen MR) is 79.2 cm³/mol. The number of alkyl halides is 3. The van der Waals surface area contributed by atoms with Gasteiger partial charge >= 0.3 is 12.3 Å². The molecule has 1 aliphatic heterocycles. The first-order chi connectivity index (χ1) is 11.3. The lowest BCUT2D eigenvalue weighted by molar-refractivity contribution is -0.141. The third-order valence-electron chi connectivity index (χ3n) is 4.00. The Bertz CT molecular complexity index is 749. The summed E-state index contributed by atoms with van der Waals surface area (Å²) in [6.07, 6.45) is -4.71. The van der Waals surface area contributed by atoms with Crippen molar-refractivity contribution in [1.29, 1.82) is 0 Å². The number of rotatable bonds is 3. The maximum atomic E-state index is 13.0. The van der Waals surface area contributed by atoms with Gasteiger partial charge in [-0.25, -0.2) is 9.78 Å². The molecule has 3 N–H and O–H groups in total. The second kappa shape index (κ2) is 5.82. The predicted octanol–water partition coefficient (Wildman–Crippen LogP) is 2.56. The summed E-state index contributed by atoms with van der Waals surface area (Å²) in [4.78, 5) is 15.7. The van der Waals surface area contributed by atoms with E-state index in [1.807, 2.05) is 0 Å². The van der Waals surface area contributed by atoms with Crippen molar-refractivity contribution in [3.05, 3.63) is 41.7 Å². The van der Waals surface area contributed by atoms with Gasteiger partial charge in [-0.3, -0.25) is 0 Å². The van der Waals surface area contributed by atoms with Crippen LogP contribution in [-0.4, -0.2) is 38.7 Å². The molecular formula is C15H15F3N4O2. The van der Waals surface area contributed by atoms with E-state index in [0.29, 0.717) is 12.1 Å². The maximum Gasteiger partial charge on any atom is 0.434 e. The highest BCUT2D eigenvalue weighted by atomic mass is 19.4. The molecule has 0 bridgehead atoms. The van der Waals surface area contributed by atoms with Crippen molar-refractivity contribution >= 4 is 6.09 Å². The summed E-state index contributed by atoms with van der Waals surface area (Å²) in [7, 11) is 0. The fraction of sp³-hybridized carbons (Fsp3) is 0.333. The number of carboxylic acid groups (broad SMARTS) is 1. The van der Waals surface area contributed by atoms with E-state index in [9.17, 15) is 18.0 Å². The smallest absolute Gasteiger partial charge is 0.434 e. The first kappa shape index (κ1) is 16.3. The molecule has 6 nitrogen and oxygen atoms in total. The summed E-state index contributed by atoms with van der Waals surface area (Å²) < 4.78 is 40.4. The Labute approximate surface area is 135 Å². The Balaban J connectivity index is 1.97.